The van der Waals surface area contributed by atoms with Crippen molar-refractivity contribution in [1.82, 2.24) is 9.78 Å². The highest BCUT2D eigenvalue weighted by Gasteiger charge is 2.25. The molecule has 0 saturated carbocycles. The van der Waals surface area contributed by atoms with Crippen LogP contribution in [0, 0.1) is 11.6 Å². The number of nitrogens with zero attached hydrogens (tertiary/aromatic N) is 2. The molecule has 2 aromatic heterocycles. The topological polar surface area (TPSA) is 90.3 Å². The molecule has 33 heavy (non-hydrogen) atoms. The van der Waals surface area contributed by atoms with E-state index in [1.165, 1.54) is 11.4 Å². The van der Waals surface area contributed by atoms with Crippen molar-refractivity contribution in [3.05, 3.63) is 86.1 Å². The number of rotatable bonds is 5. The van der Waals surface area contributed by atoms with Gasteiger partial charge in [-0.3, -0.25) is 9.59 Å². The molecule has 0 aliphatic rings. The van der Waals surface area contributed by atoms with E-state index in [-0.39, 0.29) is 33.8 Å². The number of fused-ring (bicyclic) bond motifs is 1. The minimum atomic E-state index is -1.09. The van der Waals surface area contributed by atoms with Gasteiger partial charge in [-0.2, -0.15) is 9.78 Å². The van der Waals surface area contributed by atoms with Crippen LogP contribution in [0.1, 0.15) is 27.8 Å². The van der Waals surface area contributed by atoms with Crippen LogP contribution in [-0.2, 0) is 4.74 Å². The Bertz CT molecular complexity index is 1450. The van der Waals surface area contributed by atoms with Crippen LogP contribution in [0.2, 0.25) is 5.02 Å². The van der Waals surface area contributed by atoms with Crippen molar-refractivity contribution in [2.24, 2.45) is 0 Å². The molecule has 4 aromatic rings. The molecule has 1 amide bonds. The molecule has 11 heteroatoms. The molecule has 2 aromatic carbocycles. The zero-order valence-corrected chi connectivity index (χ0v) is 18.5. The summed E-state index contributed by atoms with van der Waals surface area (Å²) in [6.45, 7) is 1.68. The number of hydrogen-bond acceptors (Lipinski definition) is 6. The molecule has 0 radical (unpaired) electrons. The first-order valence-corrected chi connectivity index (χ1v) is 10.8. The Morgan fingerprint density at radius 3 is 2.55 bits per heavy atom. The zero-order valence-electron chi connectivity index (χ0n) is 16.9. The lowest BCUT2D eigenvalue weighted by Crippen LogP contribution is -2.25. The van der Waals surface area contributed by atoms with Gasteiger partial charge in [-0.05, 0) is 37.3 Å². The molecule has 0 aliphatic heterocycles. The highest BCUT2D eigenvalue weighted by atomic mass is 35.5. The van der Waals surface area contributed by atoms with Gasteiger partial charge in [0.15, 0.2) is 5.69 Å². The highest BCUT2D eigenvalue weighted by Crippen LogP contribution is 2.31. The predicted molar refractivity (Wildman–Crippen MR) is 120 cm³/mol. The van der Waals surface area contributed by atoms with Crippen molar-refractivity contribution >= 4 is 50.6 Å². The third-order valence-corrected chi connectivity index (χ3v) is 5.72. The molecule has 0 atom stereocenters. The largest absolute Gasteiger partial charge is 0.461 e. The Balaban J connectivity index is 1.91. The quantitative estimate of drug-likeness (QED) is 0.406. The lowest BCUT2D eigenvalue weighted by atomic mass is 10.1. The number of esters is 1. The smallest absolute Gasteiger partial charge is 0.359 e. The van der Waals surface area contributed by atoms with Crippen molar-refractivity contribution in [2.45, 2.75) is 6.92 Å². The molecule has 0 fully saturated rings. The van der Waals surface area contributed by atoms with Crippen molar-refractivity contribution in [1.29, 1.82) is 0 Å². The highest BCUT2D eigenvalue weighted by molar-refractivity contribution is 7.16. The van der Waals surface area contributed by atoms with Crippen LogP contribution < -0.4 is 10.9 Å². The average Bonchev–Trinajstić information content (AvgIpc) is 3.18. The molecular formula is C22H14ClF2N3O4S. The van der Waals surface area contributed by atoms with Crippen LogP contribution in [0.15, 0.2) is 52.6 Å². The SMILES string of the molecule is CCOC(=O)c1nn(-c2cccc(Cl)c2)c(=O)c2c(NC(=O)c3c(F)cccc3F)scc12. The van der Waals surface area contributed by atoms with E-state index >= 15 is 0 Å². The predicted octanol–water partition coefficient (Wildman–Crippen LogP) is 4.81. The van der Waals surface area contributed by atoms with Gasteiger partial charge in [0, 0.05) is 15.8 Å². The number of amides is 1. The fourth-order valence-electron chi connectivity index (χ4n) is 3.16. The lowest BCUT2D eigenvalue weighted by molar-refractivity contribution is 0.0520. The number of ether oxygens (including phenoxy) is 1. The minimum Gasteiger partial charge on any atom is -0.461 e. The monoisotopic (exact) mass is 489 g/mol. The number of nitrogens with one attached hydrogen (secondary N) is 1. The van der Waals surface area contributed by atoms with Gasteiger partial charge in [0.25, 0.3) is 11.5 Å². The number of aromatic nitrogens is 2. The summed E-state index contributed by atoms with van der Waals surface area (Å²) in [5.41, 5.74) is -1.37. The maximum Gasteiger partial charge on any atom is 0.359 e. The van der Waals surface area contributed by atoms with Gasteiger partial charge >= 0.3 is 5.97 Å². The normalized spacial score (nSPS) is 10.9. The van der Waals surface area contributed by atoms with Crippen LogP contribution >= 0.6 is 22.9 Å². The average molecular weight is 490 g/mol. The first-order chi connectivity index (χ1) is 15.8. The third-order valence-electron chi connectivity index (χ3n) is 4.59. The van der Waals surface area contributed by atoms with Gasteiger partial charge in [0.1, 0.15) is 22.2 Å². The van der Waals surface area contributed by atoms with Crippen LogP contribution in [-0.4, -0.2) is 28.3 Å². The maximum atomic E-state index is 14.1. The molecule has 168 valence electrons. The first kappa shape index (κ1) is 22.6. The van der Waals surface area contributed by atoms with Gasteiger partial charge < -0.3 is 10.1 Å². The summed E-state index contributed by atoms with van der Waals surface area (Å²) in [6, 6.07) is 9.23. The number of halogens is 3. The minimum absolute atomic E-state index is 0.00798. The van der Waals surface area contributed by atoms with Crippen LogP contribution in [0.5, 0.6) is 0 Å². The zero-order chi connectivity index (χ0) is 23.7. The fourth-order valence-corrected chi connectivity index (χ4v) is 4.27. The second-order valence-corrected chi connectivity index (χ2v) is 7.99. The van der Waals surface area contributed by atoms with Crippen molar-refractivity contribution in [2.75, 3.05) is 11.9 Å². The van der Waals surface area contributed by atoms with Gasteiger partial charge in [0.05, 0.1) is 17.7 Å². The van der Waals surface area contributed by atoms with Gasteiger partial charge in [-0.25, -0.2) is 13.6 Å². The molecule has 0 bridgehead atoms. The van der Waals surface area contributed by atoms with E-state index in [2.05, 4.69) is 10.4 Å². The summed E-state index contributed by atoms with van der Waals surface area (Å²) in [4.78, 5) is 38.5. The Hall–Kier alpha value is -3.63. The van der Waals surface area contributed by atoms with E-state index in [0.717, 1.165) is 34.2 Å². The second-order valence-electron chi connectivity index (χ2n) is 6.67. The number of benzene rings is 2. The number of carbonyl (C=O) groups is 2. The van der Waals surface area contributed by atoms with E-state index in [9.17, 15) is 23.2 Å². The Morgan fingerprint density at radius 2 is 1.88 bits per heavy atom. The molecule has 0 aliphatic carbocycles. The van der Waals surface area contributed by atoms with Gasteiger partial charge in [-0.1, -0.05) is 23.7 Å². The Labute approximate surface area is 194 Å². The fraction of sp³-hybridized carbons (Fsp3) is 0.0909. The summed E-state index contributed by atoms with van der Waals surface area (Å²) in [7, 11) is 0. The number of hydrogen-bond donors (Lipinski definition) is 1. The summed E-state index contributed by atoms with van der Waals surface area (Å²) >= 11 is 6.94. The molecule has 7 nitrogen and oxygen atoms in total. The van der Waals surface area contributed by atoms with Crippen LogP contribution in [0.25, 0.3) is 16.5 Å². The molecule has 4 rings (SSSR count). The maximum absolute atomic E-state index is 14.1. The molecule has 1 N–H and O–H groups in total. The van der Waals surface area contributed by atoms with E-state index in [0.29, 0.717) is 5.02 Å². The Kier molecular flexibility index (Phi) is 6.21. The number of anilines is 1. The molecule has 0 spiro atoms. The third kappa shape index (κ3) is 4.22. The number of thiophene rings is 1. The second kappa shape index (κ2) is 9.08. The summed E-state index contributed by atoms with van der Waals surface area (Å²) in [5, 5.41) is 8.35. The van der Waals surface area contributed by atoms with Crippen LogP contribution in [0.3, 0.4) is 0 Å². The van der Waals surface area contributed by atoms with E-state index in [1.807, 2.05) is 0 Å². The van der Waals surface area contributed by atoms with E-state index in [1.54, 1.807) is 25.1 Å². The van der Waals surface area contributed by atoms with Crippen LogP contribution in [0.4, 0.5) is 13.8 Å². The summed E-state index contributed by atoms with van der Waals surface area (Å²) in [5.74, 6) is -3.98. The summed E-state index contributed by atoms with van der Waals surface area (Å²) < 4.78 is 34.1. The van der Waals surface area contributed by atoms with Crippen molar-refractivity contribution in [3.8, 4) is 5.69 Å². The first-order valence-electron chi connectivity index (χ1n) is 9.54. The molecule has 2 heterocycles. The van der Waals surface area contributed by atoms with Crippen molar-refractivity contribution < 1.29 is 23.1 Å². The Morgan fingerprint density at radius 1 is 1.18 bits per heavy atom. The number of carbonyl (C=O) groups excluding carboxylic acids is 2. The standard InChI is InChI=1S/C22H14ClF2N3O4S/c1-2-32-22(31)18-13-10-33-20(26-19(29)17-14(24)7-4-8-15(17)25)16(13)21(30)28(27-18)12-6-3-5-11(23)9-12/h3-10H,2H2,1H3,(H,26,29). The van der Waals surface area contributed by atoms with Gasteiger partial charge in [-0.15, -0.1) is 11.3 Å². The summed E-state index contributed by atoms with van der Waals surface area (Å²) in [6.07, 6.45) is 0. The van der Waals surface area contributed by atoms with Crippen molar-refractivity contribution in [3.63, 3.8) is 0 Å². The molecule has 0 unspecified atom stereocenters. The molecule has 0 saturated heterocycles. The van der Waals surface area contributed by atoms with E-state index < -0.39 is 34.6 Å². The molecular weight excluding hydrogens is 476 g/mol. The lowest BCUT2D eigenvalue weighted by Gasteiger charge is -2.10. The van der Waals surface area contributed by atoms with E-state index in [4.69, 9.17) is 16.3 Å². The van der Waals surface area contributed by atoms with Gasteiger partial charge in [0.2, 0.25) is 0 Å².